The minimum Gasteiger partial charge on any atom is -0.364 e. The maximum atomic E-state index is 13.4. The molecule has 2 saturated heterocycles. The van der Waals surface area contributed by atoms with Crippen LogP contribution in [0.3, 0.4) is 0 Å². The molecule has 4 atom stereocenters. The number of ether oxygens (including phenoxy) is 1. The molecule has 2 unspecified atom stereocenters. The molecule has 1 aromatic carbocycles. The van der Waals surface area contributed by atoms with Crippen molar-refractivity contribution in [1.29, 1.82) is 0 Å². The Kier molecular flexibility index (Phi) is 3.93. The minimum atomic E-state index is -0.727. The number of anilines is 1. The molecule has 7 heteroatoms. The van der Waals surface area contributed by atoms with Crippen LogP contribution in [0.4, 0.5) is 5.69 Å². The molecule has 2 aromatic rings. The molecule has 1 spiro atoms. The summed E-state index contributed by atoms with van der Waals surface area (Å²) in [5.74, 6) is -1.19. The summed E-state index contributed by atoms with van der Waals surface area (Å²) in [6, 6.07) is 7.73. The van der Waals surface area contributed by atoms with Crippen LogP contribution in [0.25, 0.3) is 0 Å². The molecule has 0 N–H and O–H groups in total. The molecule has 7 nitrogen and oxygen atoms in total. The quantitative estimate of drug-likeness (QED) is 0.745. The maximum Gasteiger partial charge on any atom is 0.234 e. The first-order valence-electron chi connectivity index (χ1n) is 9.80. The predicted molar refractivity (Wildman–Crippen MR) is 105 cm³/mol. The molecule has 2 bridgehead atoms. The van der Waals surface area contributed by atoms with Crippen LogP contribution in [0, 0.1) is 25.7 Å². The Balaban J connectivity index is 1.43. The normalized spacial score (nSPS) is 29.6. The van der Waals surface area contributed by atoms with Gasteiger partial charge in [0.15, 0.2) is 0 Å². The fraction of sp³-hybridized carbons (Fsp3) is 0.409. The summed E-state index contributed by atoms with van der Waals surface area (Å²) in [5.41, 5.74) is 3.10. The number of carbonyl (C=O) groups is 2. The SMILES string of the molecule is Cc1ccc(N2C[C@@]34C=C[C@@H](O3)C(C(=O)N(C)Cc3ccon3)C4C2=O)cc1C. The molecule has 4 heterocycles. The summed E-state index contributed by atoms with van der Waals surface area (Å²) in [6.07, 6.45) is 5.02. The van der Waals surface area contributed by atoms with Gasteiger partial charge in [0, 0.05) is 18.8 Å². The fourth-order valence-electron chi connectivity index (χ4n) is 4.79. The minimum absolute atomic E-state index is 0.0479. The third-order valence-corrected chi connectivity index (χ3v) is 6.45. The van der Waals surface area contributed by atoms with Crippen LogP contribution in [-0.4, -0.2) is 47.2 Å². The first-order valence-corrected chi connectivity index (χ1v) is 9.80. The van der Waals surface area contributed by atoms with Gasteiger partial charge in [0.05, 0.1) is 31.0 Å². The Morgan fingerprint density at radius 1 is 1.31 bits per heavy atom. The number of aryl methyl sites for hydroxylation is 2. The van der Waals surface area contributed by atoms with Gasteiger partial charge in [-0.15, -0.1) is 0 Å². The van der Waals surface area contributed by atoms with Gasteiger partial charge in [-0.25, -0.2) is 0 Å². The molecule has 0 radical (unpaired) electrons. The van der Waals surface area contributed by atoms with Gasteiger partial charge in [0.25, 0.3) is 0 Å². The molecule has 3 aliphatic heterocycles. The number of nitrogens with zero attached hydrogens (tertiary/aromatic N) is 3. The lowest BCUT2D eigenvalue weighted by Gasteiger charge is -2.27. The number of fused-ring (bicyclic) bond motifs is 1. The average Bonchev–Trinajstić information content (AvgIpc) is 3.46. The van der Waals surface area contributed by atoms with Crippen molar-refractivity contribution in [2.45, 2.75) is 32.1 Å². The summed E-state index contributed by atoms with van der Waals surface area (Å²) in [4.78, 5) is 30.1. The van der Waals surface area contributed by atoms with Gasteiger partial charge in [-0.1, -0.05) is 23.4 Å². The topological polar surface area (TPSA) is 75.9 Å². The Morgan fingerprint density at radius 2 is 2.14 bits per heavy atom. The third-order valence-electron chi connectivity index (χ3n) is 6.45. The standard InChI is InChI=1S/C22H23N3O4/c1-13-4-5-16(10-14(13)2)25-12-22-8-6-17(29-22)18(19(22)21(25)27)20(26)24(3)11-15-7-9-28-23-15/h4-10,17-19H,11-12H2,1-3H3/t17-,18?,19?,22-/m1/s1. The predicted octanol–water partition coefficient (Wildman–Crippen LogP) is 2.24. The lowest BCUT2D eigenvalue weighted by atomic mass is 9.76. The highest BCUT2D eigenvalue weighted by Gasteiger charge is 2.67. The van der Waals surface area contributed by atoms with Crippen LogP contribution in [0.15, 0.2) is 47.2 Å². The molecular weight excluding hydrogens is 370 g/mol. The van der Waals surface area contributed by atoms with Crippen molar-refractivity contribution in [2.24, 2.45) is 11.8 Å². The second-order valence-electron chi connectivity index (χ2n) is 8.28. The van der Waals surface area contributed by atoms with E-state index in [1.807, 2.05) is 44.2 Å². The summed E-state index contributed by atoms with van der Waals surface area (Å²) in [5, 5.41) is 3.87. The lowest BCUT2D eigenvalue weighted by Crippen LogP contribution is -2.44. The zero-order valence-corrected chi connectivity index (χ0v) is 16.7. The smallest absolute Gasteiger partial charge is 0.234 e. The molecule has 29 heavy (non-hydrogen) atoms. The second-order valence-corrected chi connectivity index (χ2v) is 8.28. The van der Waals surface area contributed by atoms with Crippen molar-refractivity contribution in [3.05, 3.63) is 59.5 Å². The number of carbonyl (C=O) groups excluding carboxylic acids is 2. The van der Waals surface area contributed by atoms with E-state index < -0.39 is 17.4 Å². The van der Waals surface area contributed by atoms with E-state index in [9.17, 15) is 9.59 Å². The molecule has 0 saturated carbocycles. The van der Waals surface area contributed by atoms with E-state index in [0.717, 1.165) is 11.3 Å². The van der Waals surface area contributed by atoms with Crippen LogP contribution < -0.4 is 4.90 Å². The Labute approximate surface area is 168 Å². The van der Waals surface area contributed by atoms with E-state index in [1.165, 1.54) is 11.8 Å². The molecule has 2 amide bonds. The molecule has 3 aliphatic rings. The number of hydrogen-bond acceptors (Lipinski definition) is 5. The second kappa shape index (κ2) is 6.29. The maximum absolute atomic E-state index is 13.4. The van der Waals surface area contributed by atoms with Crippen molar-refractivity contribution >= 4 is 17.5 Å². The first kappa shape index (κ1) is 18.1. The lowest BCUT2D eigenvalue weighted by molar-refractivity contribution is -0.139. The average molecular weight is 393 g/mol. The van der Waals surface area contributed by atoms with Crippen LogP contribution in [0.5, 0.6) is 0 Å². The van der Waals surface area contributed by atoms with E-state index in [2.05, 4.69) is 5.16 Å². The van der Waals surface area contributed by atoms with Crippen molar-refractivity contribution < 1.29 is 18.8 Å². The first-order chi connectivity index (χ1) is 13.9. The fourth-order valence-corrected chi connectivity index (χ4v) is 4.79. The van der Waals surface area contributed by atoms with Gasteiger partial charge < -0.3 is 19.1 Å². The highest BCUT2D eigenvalue weighted by molar-refractivity contribution is 6.03. The molecule has 5 rings (SSSR count). The van der Waals surface area contributed by atoms with Crippen molar-refractivity contribution in [3.63, 3.8) is 0 Å². The van der Waals surface area contributed by atoms with Gasteiger partial charge in [-0.05, 0) is 37.1 Å². The third kappa shape index (κ3) is 2.64. The summed E-state index contributed by atoms with van der Waals surface area (Å²) >= 11 is 0. The molecule has 1 aromatic heterocycles. The van der Waals surface area contributed by atoms with Crippen molar-refractivity contribution in [2.75, 3.05) is 18.5 Å². The van der Waals surface area contributed by atoms with E-state index in [4.69, 9.17) is 9.26 Å². The van der Waals surface area contributed by atoms with Gasteiger partial charge in [0.2, 0.25) is 11.8 Å². The van der Waals surface area contributed by atoms with Crippen LogP contribution in [0.1, 0.15) is 16.8 Å². The van der Waals surface area contributed by atoms with Crippen LogP contribution in [-0.2, 0) is 20.9 Å². The number of hydrogen-bond donors (Lipinski definition) is 0. The van der Waals surface area contributed by atoms with E-state index >= 15 is 0 Å². The van der Waals surface area contributed by atoms with Gasteiger partial charge in [-0.3, -0.25) is 9.59 Å². The Bertz CT molecular complexity index is 1020. The summed E-state index contributed by atoms with van der Waals surface area (Å²) < 4.78 is 11.1. The highest BCUT2D eigenvalue weighted by atomic mass is 16.5. The zero-order chi connectivity index (χ0) is 20.3. The summed E-state index contributed by atoms with van der Waals surface area (Å²) in [7, 11) is 1.72. The zero-order valence-electron chi connectivity index (χ0n) is 16.7. The monoisotopic (exact) mass is 393 g/mol. The largest absolute Gasteiger partial charge is 0.364 e. The van der Waals surface area contributed by atoms with E-state index in [1.54, 1.807) is 22.9 Å². The number of amides is 2. The molecule has 0 aliphatic carbocycles. The number of aromatic nitrogens is 1. The Hall–Kier alpha value is -2.93. The van der Waals surface area contributed by atoms with Gasteiger partial charge >= 0.3 is 0 Å². The Morgan fingerprint density at radius 3 is 2.86 bits per heavy atom. The molecular formula is C22H23N3O4. The van der Waals surface area contributed by atoms with Crippen molar-refractivity contribution in [1.82, 2.24) is 10.1 Å². The van der Waals surface area contributed by atoms with Gasteiger partial charge in [0.1, 0.15) is 17.6 Å². The number of rotatable bonds is 4. The molecule has 150 valence electrons. The summed E-state index contributed by atoms with van der Waals surface area (Å²) in [6.45, 7) is 4.84. The van der Waals surface area contributed by atoms with Crippen molar-refractivity contribution in [3.8, 4) is 0 Å². The number of benzene rings is 1. The molecule has 2 fully saturated rings. The van der Waals surface area contributed by atoms with Gasteiger partial charge in [-0.2, -0.15) is 0 Å². The van der Waals surface area contributed by atoms with E-state index in [-0.39, 0.29) is 17.9 Å². The highest BCUT2D eigenvalue weighted by Crippen LogP contribution is 2.53. The van der Waals surface area contributed by atoms with Crippen LogP contribution in [0.2, 0.25) is 0 Å². The van der Waals surface area contributed by atoms with E-state index in [0.29, 0.717) is 18.8 Å². The van der Waals surface area contributed by atoms with Crippen LogP contribution >= 0.6 is 0 Å².